The molecule has 0 radical (unpaired) electrons. The van der Waals surface area contributed by atoms with Crippen LogP contribution >= 0.6 is 11.3 Å². The van der Waals surface area contributed by atoms with E-state index in [9.17, 15) is 9.59 Å². The molecule has 1 amide bonds. The molecule has 1 N–H and O–H groups in total. The Bertz CT molecular complexity index is 428. The average molecular weight is 256 g/mol. The van der Waals surface area contributed by atoms with Crippen LogP contribution in [0.25, 0.3) is 0 Å². The Labute approximate surface area is 104 Å². The van der Waals surface area contributed by atoms with Gasteiger partial charge in [-0.1, -0.05) is 0 Å². The Morgan fingerprint density at radius 2 is 2.12 bits per heavy atom. The van der Waals surface area contributed by atoms with Crippen molar-refractivity contribution in [3.8, 4) is 0 Å². The molecule has 5 nitrogen and oxygen atoms in total. The van der Waals surface area contributed by atoms with Gasteiger partial charge in [-0.2, -0.15) is 0 Å². The van der Waals surface area contributed by atoms with Crippen LogP contribution in [0, 0.1) is 13.8 Å². The zero-order chi connectivity index (χ0) is 13.0. The maximum absolute atomic E-state index is 11.4. The Kier molecular flexibility index (Phi) is 4.62. The third-order valence-electron chi connectivity index (χ3n) is 2.14. The summed E-state index contributed by atoms with van der Waals surface area (Å²) in [4.78, 5) is 27.8. The molecule has 0 fully saturated rings. The van der Waals surface area contributed by atoms with Crippen molar-refractivity contribution in [3.63, 3.8) is 0 Å². The zero-order valence-corrected chi connectivity index (χ0v) is 11.2. The van der Waals surface area contributed by atoms with E-state index in [1.54, 1.807) is 6.92 Å². The fraction of sp³-hybridized carbons (Fsp3) is 0.545. The van der Waals surface area contributed by atoms with E-state index in [4.69, 9.17) is 0 Å². The van der Waals surface area contributed by atoms with E-state index in [2.05, 4.69) is 15.0 Å². The first-order valence-corrected chi connectivity index (χ1v) is 6.18. The van der Waals surface area contributed by atoms with Gasteiger partial charge in [-0.25, -0.2) is 9.78 Å². The fourth-order valence-corrected chi connectivity index (χ4v) is 2.40. The van der Waals surface area contributed by atoms with Crippen molar-refractivity contribution in [2.75, 3.05) is 6.61 Å². The average Bonchev–Trinajstić information content (AvgIpc) is 2.58. The summed E-state index contributed by atoms with van der Waals surface area (Å²) in [5, 5.41) is 3.53. The monoisotopic (exact) mass is 256 g/mol. The summed E-state index contributed by atoms with van der Waals surface area (Å²) in [5.41, 5.74) is 0.879. The van der Waals surface area contributed by atoms with Gasteiger partial charge in [-0.05, 0) is 27.7 Å². The van der Waals surface area contributed by atoms with Crippen LogP contribution in [0.3, 0.4) is 0 Å². The number of amides is 1. The van der Waals surface area contributed by atoms with Crippen molar-refractivity contribution in [3.05, 3.63) is 15.6 Å². The van der Waals surface area contributed by atoms with E-state index in [-0.39, 0.29) is 12.6 Å². The van der Waals surface area contributed by atoms with Crippen molar-refractivity contribution in [1.29, 1.82) is 0 Å². The highest BCUT2D eigenvalue weighted by Gasteiger charge is 2.20. The summed E-state index contributed by atoms with van der Waals surface area (Å²) in [6, 6.07) is -0.238. The summed E-state index contributed by atoms with van der Waals surface area (Å²) in [5.74, 6) is -1.57. The molecule has 1 heterocycles. The van der Waals surface area contributed by atoms with Gasteiger partial charge >= 0.3 is 11.9 Å². The predicted octanol–water partition coefficient (Wildman–Crippen LogP) is 1.50. The van der Waals surface area contributed by atoms with Crippen molar-refractivity contribution in [1.82, 2.24) is 10.3 Å². The molecule has 0 aliphatic heterocycles. The number of nitrogens with one attached hydrogen (secondary N) is 1. The minimum atomic E-state index is -0.849. The number of ether oxygens (including phenoxy) is 1. The summed E-state index contributed by atoms with van der Waals surface area (Å²) in [7, 11) is 0. The third-order valence-corrected chi connectivity index (χ3v) is 3.40. The van der Waals surface area contributed by atoms with Gasteiger partial charge in [0.1, 0.15) is 0 Å². The fourth-order valence-electron chi connectivity index (χ4n) is 1.47. The van der Waals surface area contributed by atoms with Gasteiger partial charge in [0, 0.05) is 4.88 Å². The molecule has 0 spiro atoms. The molecule has 1 atom stereocenters. The van der Waals surface area contributed by atoms with Gasteiger partial charge in [0.25, 0.3) is 0 Å². The second-order valence-corrected chi connectivity index (χ2v) is 4.83. The van der Waals surface area contributed by atoms with Crippen molar-refractivity contribution in [2.24, 2.45) is 0 Å². The van der Waals surface area contributed by atoms with E-state index < -0.39 is 11.9 Å². The first-order valence-electron chi connectivity index (χ1n) is 5.37. The molecule has 0 bridgehead atoms. The van der Waals surface area contributed by atoms with E-state index in [1.165, 1.54) is 11.3 Å². The number of aromatic nitrogens is 1. The molecule has 94 valence electrons. The molecular formula is C11H16N2O3S. The van der Waals surface area contributed by atoms with Gasteiger partial charge < -0.3 is 10.1 Å². The van der Waals surface area contributed by atoms with Crippen molar-refractivity contribution in [2.45, 2.75) is 33.7 Å². The summed E-state index contributed by atoms with van der Waals surface area (Å²) >= 11 is 1.51. The van der Waals surface area contributed by atoms with Crippen molar-refractivity contribution < 1.29 is 14.3 Å². The van der Waals surface area contributed by atoms with Crippen LogP contribution in [0.4, 0.5) is 0 Å². The standard InChI is InChI=1S/C11H16N2O3S/c1-5-16-11(15)10(14)13-7(3)9-6(2)12-8(4)17-9/h7H,5H2,1-4H3,(H,13,14). The van der Waals surface area contributed by atoms with E-state index >= 15 is 0 Å². The number of hydrogen-bond donors (Lipinski definition) is 1. The molecule has 17 heavy (non-hydrogen) atoms. The SMILES string of the molecule is CCOC(=O)C(=O)NC(C)c1sc(C)nc1C. The molecule has 0 aromatic carbocycles. The number of aryl methyl sites for hydroxylation is 2. The zero-order valence-electron chi connectivity index (χ0n) is 10.4. The number of rotatable bonds is 3. The third kappa shape index (κ3) is 3.52. The molecule has 1 unspecified atom stereocenters. The maximum atomic E-state index is 11.4. The number of thiazole rings is 1. The lowest BCUT2D eigenvalue weighted by Gasteiger charge is -2.11. The Morgan fingerprint density at radius 3 is 2.59 bits per heavy atom. The highest BCUT2D eigenvalue weighted by atomic mass is 32.1. The minimum Gasteiger partial charge on any atom is -0.459 e. The maximum Gasteiger partial charge on any atom is 0.396 e. The first kappa shape index (κ1) is 13.6. The lowest BCUT2D eigenvalue weighted by Crippen LogP contribution is -2.34. The Morgan fingerprint density at radius 1 is 1.47 bits per heavy atom. The van der Waals surface area contributed by atoms with Gasteiger partial charge in [-0.15, -0.1) is 11.3 Å². The number of carbonyl (C=O) groups excluding carboxylic acids is 2. The van der Waals surface area contributed by atoms with Gasteiger partial charge in [0.2, 0.25) is 0 Å². The van der Waals surface area contributed by atoms with Gasteiger partial charge in [-0.3, -0.25) is 4.79 Å². The number of nitrogens with zero attached hydrogens (tertiary/aromatic N) is 1. The molecule has 1 rings (SSSR count). The second-order valence-electron chi connectivity index (χ2n) is 3.60. The van der Waals surface area contributed by atoms with E-state index in [1.807, 2.05) is 20.8 Å². The highest BCUT2D eigenvalue weighted by molar-refractivity contribution is 7.11. The number of hydrogen-bond acceptors (Lipinski definition) is 5. The molecule has 1 aromatic heterocycles. The Hall–Kier alpha value is -1.43. The summed E-state index contributed by atoms with van der Waals surface area (Å²) in [6.07, 6.45) is 0. The number of carbonyl (C=O) groups is 2. The first-order chi connectivity index (χ1) is 7.95. The van der Waals surface area contributed by atoms with E-state index in [0.29, 0.717) is 0 Å². The smallest absolute Gasteiger partial charge is 0.396 e. The van der Waals surface area contributed by atoms with Gasteiger partial charge in [0.15, 0.2) is 0 Å². The van der Waals surface area contributed by atoms with Crippen molar-refractivity contribution >= 4 is 23.2 Å². The highest BCUT2D eigenvalue weighted by Crippen LogP contribution is 2.24. The van der Waals surface area contributed by atoms with Crippen LogP contribution in [0.2, 0.25) is 0 Å². The molecule has 0 aliphatic rings. The lowest BCUT2D eigenvalue weighted by molar-refractivity contribution is -0.154. The molecule has 6 heteroatoms. The summed E-state index contributed by atoms with van der Waals surface area (Å²) < 4.78 is 4.61. The van der Waals surface area contributed by atoms with E-state index in [0.717, 1.165) is 15.6 Å². The predicted molar refractivity (Wildman–Crippen MR) is 64.8 cm³/mol. The van der Waals surface area contributed by atoms with Crippen LogP contribution in [0.1, 0.15) is 35.5 Å². The molecule has 0 saturated carbocycles. The molecule has 0 aliphatic carbocycles. The van der Waals surface area contributed by atoms with Gasteiger partial charge in [0.05, 0.1) is 23.4 Å². The van der Waals surface area contributed by atoms with Crippen LogP contribution in [-0.2, 0) is 14.3 Å². The Balaban J connectivity index is 2.66. The number of esters is 1. The minimum absolute atomic E-state index is 0.194. The molecular weight excluding hydrogens is 240 g/mol. The van der Waals surface area contributed by atoms with Crippen LogP contribution in [-0.4, -0.2) is 23.5 Å². The van der Waals surface area contributed by atoms with Crippen LogP contribution in [0.15, 0.2) is 0 Å². The normalized spacial score (nSPS) is 12.0. The van der Waals surface area contributed by atoms with Crippen LogP contribution < -0.4 is 5.32 Å². The molecule has 1 aromatic rings. The lowest BCUT2D eigenvalue weighted by atomic mass is 10.2. The summed E-state index contributed by atoms with van der Waals surface area (Å²) in [6.45, 7) is 7.45. The largest absolute Gasteiger partial charge is 0.459 e. The molecule has 0 saturated heterocycles. The topological polar surface area (TPSA) is 68.3 Å². The second kappa shape index (κ2) is 5.77. The quantitative estimate of drug-likeness (QED) is 0.657. The van der Waals surface area contributed by atoms with Crippen LogP contribution in [0.5, 0.6) is 0 Å².